The van der Waals surface area contributed by atoms with Crippen LogP contribution in [-0.2, 0) is 6.42 Å². The first-order chi connectivity index (χ1) is 8.66. The average Bonchev–Trinajstić information content (AvgIpc) is 2.83. The number of aromatic hydroxyl groups is 1. The molecule has 0 radical (unpaired) electrons. The predicted molar refractivity (Wildman–Crippen MR) is 70.3 cm³/mol. The van der Waals surface area contributed by atoms with Crippen molar-refractivity contribution in [3.63, 3.8) is 0 Å². The molecule has 1 saturated heterocycles. The maximum atomic E-state index is 9.19. The third kappa shape index (κ3) is 2.22. The molecule has 1 saturated carbocycles. The molecule has 2 aliphatic rings. The third-order valence-electron chi connectivity index (χ3n) is 4.50. The summed E-state index contributed by atoms with van der Waals surface area (Å²) in [4.78, 5) is 6.69. The normalized spacial score (nSPS) is 31.7. The minimum absolute atomic E-state index is 0.0857. The lowest BCUT2D eigenvalue weighted by molar-refractivity contribution is 0.305. The van der Waals surface area contributed by atoms with E-state index < -0.39 is 0 Å². The Balaban J connectivity index is 1.54. The van der Waals surface area contributed by atoms with Gasteiger partial charge in [-0.2, -0.15) is 0 Å². The molecule has 1 aliphatic heterocycles. The van der Waals surface area contributed by atoms with Gasteiger partial charge in [0, 0.05) is 37.3 Å². The number of nitrogens with two attached hydrogens (primary N) is 1. The smallest absolute Gasteiger partial charge is 0.133 e. The summed E-state index contributed by atoms with van der Waals surface area (Å²) in [7, 11) is 0. The molecular formula is C14H21N3O. The van der Waals surface area contributed by atoms with Crippen LogP contribution < -0.4 is 5.73 Å². The lowest BCUT2D eigenvalue weighted by Crippen LogP contribution is -2.44. The maximum Gasteiger partial charge on any atom is 0.133 e. The van der Waals surface area contributed by atoms with Crippen LogP contribution in [0.25, 0.3) is 0 Å². The van der Waals surface area contributed by atoms with E-state index in [1.54, 1.807) is 6.07 Å². The fourth-order valence-corrected chi connectivity index (χ4v) is 3.45. The first-order valence-electron chi connectivity index (χ1n) is 6.81. The monoisotopic (exact) mass is 247 g/mol. The molecule has 98 valence electrons. The quantitative estimate of drug-likeness (QED) is 0.841. The molecule has 1 aromatic rings. The number of hydrogen-bond donors (Lipinski definition) is 2. The number of nitrogens with zero attached hydrogens (tertiary/aromatic N) is 2. The van der Waals surface area contributed by atoms with Crippen molar-refractivity contribution < 1.29 is 5.11 Å². The van der Waals surface area contributed by atoms with Crippen molar-refractivity contribution in [1.82, 2.24) is 9.88 Å². The molecule has 1 aliphatic carbocycles. The van der Waals surface area contributed by atoms with E-state index in [-0.39, 0.29) is 11.3 Å². The fourth-order valence-electron chi connectivity index (χ4n) is 3.45. The van der Waals surface area contributed by atoms with Crippen LogP contribution >= 0.6 is 0 Å². The summed E-state index contributed by atoms with van der Waals surface area (Å²) in [5.74, 6) is 0.931. The van der Waals surface area contributed by atoms with Crippen LogP contribution in [0.15, 0.2) is 18.3 Å². The van der Waals surface area contributed by atoms with E-state index in [0.717, 1.165) is 31.7 Å². The van der Waals surface area contributed by atoms with E-state index in [4.69, 9.17) is 5.73 Å². The Labute approximate surface area is 108 Å². The lowest BCUT2D eigenvalue weighted by atomic mass is 9.92. The van der Waals surface area contributed by atoms with E-state index in [9.17, 15) is 5.11 Å². The number of aromatic nitrogens is 1. The highest BCUT2D eigenvalue weighted by Crippen LogP contribution is 2.39. The molecular weight excluding hydrogens is 226 g/mol. The Morgan fingerprint density at radius 3 is 3.11 bits per heavy atom. The summed E-state index contributed by atoms with van der Waals surface area (Å²) in [5, 5.41) is 9.19. The van der Waals surface area contributed by atoms with Crippen molar-refractivity contribution in [2.45, 2.75) is 31.2 Å². The summed E-state index contributed by atoms with van der Waals surface area (Å²) < 4.78 is 0. The zero-order valence-corrected chi connectivity index (χ0v) is 10.7. The highest BCUT2D eigenvalue weighted by atomic mass is 16.3. The van der Waals surface area contributed by atoms with Gasteiger partial charge in [0.15, 0.2) is 0 Å². The molecule has 0 bridgehead atoms. The average molecular weight is 247 g/mol. The number of likely N-dealkylation sites (tertiary alicyclic amines) is 1. The Kier molecular flexibility index (Phi) is 2.99. The summed E-state index contributed by atoms with van der Waals surface area (Å²) in [6.45, 7) is 3.21. The molecule has 4 heteroatoms. The standard InChI is InChI=1S/C14H21N3O/c15-14-6-1-2-11(14)9-17(10-14)7-5-12-3-4-13(18)8-16-12/h3-4,8,11,18H,1-2,5-7,9-10,15H2/t11-,14-/m0/s1. The van der Waals surface area contributed by atoms with Gasteiger partial charge < -0.3 is 15.7 Å². The fraction of sp³-hybridized carbons (Fsp3) is 0.643. The highest BCUT2D eigenvalue weighted by Gasteiger charge is 2.46. The molecule has 2 fully saturated rings. The number of hydrogen-bond acceptors (Lipinski definition) is 4. The third-order valence-corrected chi connectivity index (χ3v) is 4.50. The first kappa shape index (κ1) is 11.9. The molecule has 18 heavy (non-hydrogen) atoms. The van der Waals surface area contributed by atoms with Gasteiger partial charge in [-0.3, -0.25) is 4.98 Å². The Hall–Kier alpha value is -1.13. The topological polar surface area (TPSA) is 62.4 Å². The molecule has 3 N–H and O–H groups in total. The van der Waals surface area contributed by atoms with Gasteiger partial charge in [0.05, 0.1) is 6.20 Å². The maximum absolute atomic E-state index is 9.19. The molecule has 1 aromatic heterocycles. The first-order valence-corrected chi connectivity index (χ1v) is 6.81. The largest absolute Gasteiger partial charge is 0.506 e. The second-order valence-electron chi connectivity index (χ2n) is 5.82. The van der Waals surface area contributed by atoms with E-state index in [1.807, 2.05) is 6.07 Å². The predicted octanol–water partition coefficient (Wildman–Crippen LogP) is 1.14. The molecule has 4 nitrogen and oxygen atoms in total. The van der Waals surface area contributed by atoms with Gasteiger partial charge in [-0.25, -0.2) is 0 Å². The summed E-state index contributed by atoms with van der Waals surface area (Å²) in [6.07, 6.45) is 6.23. The minimum Gasteiger partial charge on any atom is -0.506 e. The number of pyridine rings is 1. The molecule has 3 rings (SSSR count). The number of fused-ring (bicyclic) bond motifs is 1. The van der Waals surface area contributed by atoms with Gasteiger partial charge in [-0.15, -0.1) is 0 Å². The van der Waals surface area contributed by atoms with E-state index in [1.165, 1.54) is 25.5 Å². The van der Waals surface area contributed by atoms with Crippen LogP contribution in [0.4, 0.5) is 0 Å². The van der Waals surface area contributed by atoms with Gasteiger partial charge in [-0.05, 0) is 30.9 Å². The van der Waals surface area contributed by atoms with Gasteiger partial charge in [0.1, 0.15) is 5.75 Å². The van der Waals surface area contributed by atoms with Crippen LogP contribution in [-0.4, -0.2) is 40.2 Å². The van der Waals surface area contributed by atoms with Crippen LogP contribution in [0.2, 0.25) is 0 Å². The summed E-state index contributed by atoms with van der Waals surface area (Å²) in [6, 6.07) is 3.59. The van der Waals surface area contributed by atoms with Gasteiger partial charge in [0.25, 0.3) is 0 Å². The van der Waals surface area contributed by atoms with Crippen LogP contribution in [0, 0.1) is 5.92 Å². The highest BCUT2D eigenvalue weighted by molar-refractivity contribution is 5.18. The van der Waals surface area contributed by atoms with Crippen LogP contribution in [0.5, 0.6) is 5.75 Å². The van der Waals surface area contributed by atoms with Gasteiger partial charge in [0.2, 0.25) is 0 Å². The molecule has 2 atom stereocenters. The van der Waals surface area contributed by atoms with Crippen molar-refractivity contribution in [2.24, 2.45) is 11.7 Å². The Morgan fingerprint density at radius 1 is 1.50 bits per heavy atom. The van der Waals surface area contributed by atoms with Gasteiger partial charge >= 0.3 is 0 Å². The zero-order chi connectivity index (χ0) is 12.6. The number of rotatable bonds is 3. The van der Waals surface area contributed by atoms with E-state index >= 15 is 0 Å². The molecule has 0 spiro atoms. The second-order valence-corrected chi connectivity index (χ2v) is 5.82. The lowest BCUT2D eigenvalue weighted by Gasteiger charge is -2.23. The Morgan fingerprint density at radius 2 is 2.39 bits per heavy atom. The zero-order valence-electron chi connectivity index (χ0n) is 10.7. The summed E-state index contributed by atoms with van der Waals surface area (Å²) in [5.41, 5.74) is 7.58. The van der Waals surface area contributed by atoms with E-state index in [2.05, 4.69) is 9.88 Å². The summed E-state index contributed by atoms with van der Waals surface area (Å²) >= 11 is 0. The second kappa shape index (κ2) is 4.52. The SMILES string of the molecule is N[C@]12CCC[C@H]1CN(CCc1ccc(O)cn1)C2. The molecule has 0 aromatic carbocycles. The molecule has 0 unspecified atom stereocenters. The van der Waals surface area contributed by atoms with E-state index in [0.29, 0.717) is 5.92 Å². The van der Waals surface area contributed by atoms with Crippen molar-refractivity contribution in [3.05, 3.63) is 24.0 Å². The van der Waals surface area contributed by atoms with Crippen molar-refractivity contribution in [2.75, 3.05) is 19.6 Å². The van der Waals surface area contributed by atoms with Crippen molar-refractivity contribution in [3.8, 4) is 5.75 Å². The molecule has 2 heterocycles. The van der Waals surface area contributed by atoms with Crippen LogP contribution in [0.3, 0.4) is 0 Å². The molecule has 0 amide bonds. The van der Waals surface area contributed by atoms with Crippen molar-refractivity contribution >= 4 is 0 Å². The van der Waals surface area contributed by atoms with Crippen molar-refractivity contribution in [1.29, 1.82) is 0 Å². The van der Waals surface area contributed by atoms with Gasteiger partial charge in [-0.1, -0.05) is 6.42 Å². The Bertz CT molecular complexity index is 420. The van der Waals surface area contributed by atoms with Crippen LogP contribution in [0.1, 0.15) is 25.0 Å². The minimum atomic E-state index is 0.0857.